The van der Waals surface area contributed by atoms with Crippen molar-refractivity contribution in [1.29, 1.82) is 0 Å². The molecule has 35 heavy (non-hydrogen) atoms. The summed E-state index contributed by atoms with van der Waals surface area (Å²) in [6.07, 6.45) is 9.14. The lowest BCUT2D eigenvalue weighted by atomic mass is 9.38. The van der Waals surface area contributed by atoms with Crippen molar-refractivity contribution in [1.82, 2.24) is 0 Å². The maximum absolute atomic E-state index is 12.1. The topological polar surface area (TPSA) is 113 Å². The van der Waals surface area contributed by atoms with Crippen LogP contribution in [-0.4, -0.2) is 51.9 Å². The van der Waals surface area contributed by atoms with Crippen molar-refractivity contribution >= 4 is 11.9 Å². The Morgan fingerprint density at radius 2 is 1.83 bits per heavy atom. The molecule has 8 atom stereocenters. The average molecular weight is 491 g/mol. The minimum absolute atomic E-state index is 0.143. The van der Waals surface area contributed by atoms with Gasteiger partial charge in [0.25, 0.3) is 0 Å². The number of esters is 2. The number of aliphatic hydroxyl groups is 3. The van der Waals surface area contributed by atoms with Crippen molar-refractivity contribution in [2.24, 2.45) is 34.0 Å². The summed E-state index contributed by atoms with van der Waals surface area (Å²) in [5.41, 5.74) is -0.827. The van der Waals surface area contributed by atoms with Gasteiger partial charge in [0.2, 0.25) is 6.29 Å². The highest BCUT2D eigenvalue weighted by atomic mass is 16.6. The summed E-state index contributed by atoms with van der Waals surface area (Å²) >= 11 is 0. The Morgan fingerprint density at radius 1 is 1.14 bits per heavy atom. The Hall–Kier alpha value is -1.70. The molecule has 3 saturated carbocycles. The number of rotatable bonds is 5. The molecule has 1 heterocycles. The highest BCUT2D eigenvalue weighted by Crippen LogP contribution is 2.69. The van der Waals surface area contributed by atoms with Crippen LogP contribution in [0, 0.1) is 34.0 Å². The molecule has 3 N–H and O–H groups in total. The van der Waals surface area contributed by atoms with Gasteiger partial charge >= 0.3 is 11.9 Å². The maximum atomic E-state index is 12.1. The van der Waals surface area contributed by atoms with Gasteiger partial charge in [-0.3, -0.25) is 0 Å². The molecule has 2 unspecified atom stereocenters. The summed E-state index contributed by atoms with van der Waals surface area (Å²) in [5, 5.41) is 31.6. The Morgan fingerprint density at radius 3 is 2.46 bits per heavy atom. The molecule has 0 spiro atoms. The van der Waals surface area contributed by atoms with Gasteiger partial charge in [-0.15, -0.1) is 0 Å². The molecule has 196 valence electrons. The van der Waals surface area contributed by atoms with Gasteiger partial charge in [0, 0.05) is 17.6 Å². The monoisotopic (exact) mass is 490 g/mol. The summed E-state index contributed by atoms with van der Waals surface area (Å²) < 4.78 is 10.2. The lowest BCUT2D eigenvalue weighted by molar-refractivity contribution is -0.216. The Balaban J connectivity index is 1.71. The largest absolute Gasteiger partial charge is 0.461 e. The van der Waals surface area contributed by atoms with Crippen LogP contribution in [0.25, 0.3) is 0 Å². The first kappa shape index (κ1) is 26.4. The van der Waals surface area contributed by atoms with Crippen LogP contribution in [0.1, 0.15) is 79.6 Å². The molecule has 4 rings (SSSR count). The van der Waals surface area contributed by atoms with Gasteiger partial charge in [-0.05, 0) is 73.5 Å². The minimum atomic E-state index is -1.32. The molecule has 3 fully saturated rings. The minimum Gasteiger partial charge on any atom is -0.461 e. The third kappa shape index (κ3) is 4.49. The molecule has 0 aromatic carbocycles. The van der Waals surface area contributed by atoms with Crippen LogP contribution in [0.2, 0.25) is 0 Å². The van der Waals surface area contributed by atoms with Crippen molar-refractivity contribution in [3.8, 4) is 0 Å². The van der Waals surface area contributed by atoms with E-state index in [1.54, 1.807) is 6.08 Å². The van der Waals surface area contributed by atoms with Crippen molar-refractivity contribution in [2.45, 2.75) is 97.6 Å². The summed E-state index contributed by atoms with van der Waals surface area (Å²) in [6, 6.07) is 0. The smallest absolute Gasteiger partial charge is 0.334 e. The highest BCUT2D eigenvalue weighted by Gasteiger charge is 2.64. The molecule has 0 bridgehead atoms. The standard InChI is InChI=1S/C28H42O7/c1-17(29)23(31)34-16-28(33)14-10-20-26(4)12-6-11-25(2,3)19(26)9-13-27(20,5)21(28)8-7-18-15-22(30)35-24(18)32/h7-8,15,17,19-21,24,29,32-33H,6,9-14,16H2,1-5H3/b8-7+/t17?,19-,20+,21-,24?,26-,27+,28+/m0/s1. The number of carbonyl (C=O) groups excluding carboxylic acids is 2. The molecule has 0 saturated heterocycles. The molecule has 0 aromatic rings. The van der Waals surface area contributed by atoms with Crippen LogP contribution in [-0.2, 0) is 19.1 Å². The van der Waals surface area contributed by atoms with Crippen LogP contribution in [0.4, 0.5) is 0 Å². The number of hydrogen-bond donors (Lipinski definition) is 3. The van der Waals surface area contributed by atoms with Crippen LogP contribution < -0.4 is 0 Å². The molecule has 3 aliphatic carbocycles. The van der Waals surface area contributed by atoms with E-state index in [2.05, 4.69) is 27.7 Å². The fourth-order valence-electron chi connectivity index (χ4n) is 8.52. The third-order valence-electron chi connectivity index (χ3n) is 10.1. The first-order chi connectivity index (χ1) is 16.2. The van der Waals surface area contributed by atoms with Gasteiger partial charge in [0.05, 0.1) is 0 Å². The van der Waals surface area contributed by atoms with E-state index >= 15 is 0 Å². The molecular weight excluding hydrogens is 448 g/mol. The van der Waals surface area contributed by atoms with E-state index in [0.717, 1.165) is 19.3 Å². The number of aliphatic hydroxyl groups excluding tert-OH is 2. The number of cyclic esters (lactones) is 1. The first-order valence-electron chi connectivity index (χ1n) is 13.1. The van der Waals surface area contributed by atoms with Crippen molar-refractivity contribution in [3.05, 3.63) is 23.8 Å². The van der Waals surface area contributed by atoms with Crippen LogP contribution in [0.5, 0.6) is 0 Å². The van der Waals surface area contributed by atoms with Crippen molar-refractivity contribution in [3.63, 3.8) is 0 Å². The molecular formula is C28H42O7. The molecule has 0 radical (unpaired) electrons. The highest BCUT2D eigenvalue weighted by molar-refractivity contribution is 5.86. The fourth-order valence-corrected chi connectivity index (χ4v) is 8.52. The molecule has 4 aliphatic rings. The van der Waals surface area contributed by atoms with E-state index in [1.807, 2.05) is 6.08 Å². The zero-order chi connectivity index (χ0) is 25.8. The molecule has 7 heteroatoms. The van der Waals surface area contributed by atoms with Gasteiger partial charge in [-0.25, -0.2) is 9.59 Å². The maximum Gasteiger partial charge on any atom is 0.334 e. The number of hydrogen-bond acceptors (Lipinski definition) is 7. The van der Waals surface area contributed by atoms with Gasteiger partial charge in [0.1, 0.15) is 18.3 Å². The van der Waals surface area contributed by atoms with Crippen LogP contribution >= 0.6 is 0 Å². The van der Waals surface area contributed by atoms with Gasteiger partial charge in [-0.2, -0.15) is 0 Å². The van der Waals surface area contributed by atoms with E-state index in [0.29, 0.717) is 23.8 Å². The summed E-state index contributed by atoms with van der Waals surface area (Å²) in [6.45, 7) is 10.6. The summed E-state index contributed by atoms with van der Waals surface area (Å²) in [4.78, 5) is 23.7. The van der Waals surface area contributed by atoms with E-state index < -0.39 is 29.9 Å². The molecule has 0 amide bonds. The quantitative estimate of drug-likeness (QED) is 0.504. The lowest BCUT2D eigenvalue weighted by Crippen LogP contribution is -2.63. The van der Waals surface area contributed by atoms with Gasteiger partial charge < -0.3 is 24.8 Å². The number of ether oxygens (including phenoxy) is 2. The van der Waals surface area contributed by atoms with E-state index in [4.69, 9.17) is 9.47 Å². The second-order valence-electron chi connectivity index (χ2n) is 12.7. The van der Waals surface area contributed by atoms with Crippen molar-refractivity contribution < 1.29 is 34.4 Å². The number of carbonyl (C=O) groups is 2. The molecule has 1 aliphatic heterocycles. The van der Waals surface area contributed by atoms with Crippen LogP contribution in [0.3, 0.4) is 0 Å². The molecule has 7 nitrogen and oxygen atoms in total. The Labute approximate surface area is 208 Å². The predicted molar refractivity (Wildman–Crippen MR) is 130 cm³/mol. The second-order valence-corrected chi connectivity index (χ2v) is 12.7. The van der Waals surface area contributed by atoms with E-state index in [1.165, 1.54) is 32.3 Å². The average Bonchev–Trinajstić information content (AvgIpc) is 3.07. The lowest BCUT2D eigenvalue weighted by Gasteiger charge is -2.67. The van der Waals surface area contributed by atoms with E-state index in [9.17, 15) is 24.9 Å². The number of fused-ring (bicyclic) bond motifs is 3. The summed E-state index contributed by atoms with van der Waals surface area (Å²) in [5.74, 6) is -0.746. The Bertz CT molecular complexity index is 920. The predicted octanol–water partition coefficient (Wildman–Crippen LogP) is 3.66. The van der Waals surface area contributed by atoms with E-state index in [-0.39, 0.29) is 28.8 Å². The SMILES string of the molecule is CC(O)C(=O)OC[C@]1(O)CC[C@H]2[C@@](C)(CC[C@H]3C(C)(C)CCC[C@]23C)[C@@H]1/C=C/C1=CC(=O)OC1O. The van der Waals surface area contributed by atoms with Gasteiger partial charge in [-0.1, -0.05) is 46.3 Å². The Kier molecular flexibility index (Phi) is 6.78. The normalized spacial score (nSPS) is 43.7. The first-order valence-corrected chi connectivity index (χ1v) is 13.1. The zero-order valence-electron chi connectivity index (χ0n) is 21.8. The third-order valence-corrected chi connectivity index (χ3v) is 10.1. The van der Waals surface area contributed by atoms with Crippen LogP contribution in [0.15, 0.2) is 23.8 Å². The summed E-state index contributed by atoms with van der Waals surface area (Å²) in [7, 11) is 0. The molecule has 0 aromatic heterocycles. The van der Waals surface area contributed by atoms with Gasteiger partial charge in [0.15, 0.2) is 0 Å². The van der Waals surface area contributed by atoms with Crippen molar-refractivity contribution in [2.75, 3.05) is 6.61 Å². The second kappa shape index (κ2) is 9.00. The fraction of sp³-hybridized carbons (Fsp3) is 0.786. The zero-order valence-corrected chi connectivity index (χ0v) is 21.8.